The van der Waals surface area contributed by atoms with Crippen LogP contribution in [-0.4, -0.2) is 32.7 Å². The molecule has 6 nitrogen and oxygen atoms in total. The van der Waals surface area contributed by atoms with Crippen LogP contribution in [-0.2, 0) is 11.2 Å². The molecule has 136 valence electrons. The van der Waals surface area contributed by atoms with Gasteiger partial charge in [-0.2, -0.15) is 0 Å². The average molecular weight is 367 g/mol. The van der Waals surface area contributed by atoms with E-state index in [1.165, 1.54) is 0 Å². The Hall–Kier alpha value is -3.07. The van der Waals surface area contributed by atoms with E-state index in [1.54, 1.807) is 19.6 Å². The second-order valence-corrected chi connectivity index (χ2v) is 6.12. The SMILES string of the molecule is COc1ncccc1-c1ccc2c(c1)ncn2-c1ccc(CC(=O)O)cc1.[H-].[Li+]. The number of hydrogen-bond acceptors (Lipinski definition) is 4. The molecule has 4 aromatic rings. The predicted octanol–water partition coefficient (Wildman–Crippen LogP) is 0.840. The summed E-state index contributed by atoms with van der Waals surface area (Å²) in [5, 5.41) is 8.89. The quantitative estimate of drug-likeness (QED) is 0.529. The monoisotopic (exact) mass is 367 g/mol. The molecule has 0 unspecified atom stereocenters. The summed E-state index contributed by atoms with van der Waals surface area (Å²) in [5.74, 6) is -0.264. The fourth-order valence-corrected chi connectivity index (χ4v) is 3.11. The van der Waals surface area contributed by atoms with Crippen LogP contribution in [0.1, 0.15) is 6.99 Å². The predicted molar refractivity (Wildman–Crippen MR) is 103 cm³/mol. The molecule has 0 aliphatic heterocycles. The number of rotatable bonds is 5. The Morgan fingerprint density at radius 3 is 2.64 bits per heavy atom. The minimum absolute atomic E-state index is 0. The minimum atomic E-state index is -0.839. The molecule has 2 aromatic carbocycles. The number of benzene rings is 2. The van der Waals surface area contributed by atoms with E-state index in [0.717, 1.165) is 33.4 Å². The van der Waals surface area contributed by atoms with Crippen molar-refractivity contribution in [3.8, 4) is 22.7 Å². The topological polar surface area (TPSA) is 77.2 Å². The molecule has 2 heterocycles. The molecule has 0 saturated heterocycles. The van der Waals surface area contributed by atoms with Crippen molar-refractivity contribution in [1.82, 2.24) is 14.5 Å². The Morgan fingerprint density at radius 2 is 1.93 bits per heavy atom. The molecule has 0 bridgehead atoms. The number of carboxylic acids is 1. The van der Waals surface area contributed by atoms with Crippen LogP contribution < -0.4 is 23.6 Å². The Balaban J connectivity index is 0.00000150. The maximum Gasteiger partial charge on any atom is 1.00 e. The first kappa shape index (κ1) is 19.7. The smallest absolute Gasteiger partial charge is 1.00 e. The van der Waals surface area contributed by atoms with Crippen LogP contribution in [0.15, 0.2) is 67.1 Å². The molecule has 4 rings (SSSR count). The van der Waals surface area contributed by atoms with Crippen LogP contribution >= 0.6 is 0 Å². The number of nitrogens with zero attached hydrogens (tertiary/aromatic N) is 3. The summed E-state index contributed by atoms with van der Waals surface area (Å²) in [5.41, 5.74) is 5.41. The fourth-order valence-electron chi connectivity index (χ4n) is 3.11. The van der Waals surface area contributed by atoms with E-state index in [1.807, 2.05) is 59.2 Å². The summed E-state index contributed by atoms with van der Waals surface area (Å²) in [7, 11) is 1.60. The molecule has 0 radical (unpaired) electrons. The molecule has 0 atom stereocenters. The van der Waals surface area contributed by atoms with Crippen LogP contribution in [0.3, 0.4) is 0 Å². The molecule has 0 saturated carbocycles. The molecule has 0 aliphatic carbocycles. The van der Waals surface area contributed by atoms with Crippen molar-refractivity contribution in [1.29, 1.82) is 0 Å². The Bertz CT molecular complexity index is 1130. The Kier molecular flexibility index (Phi) is 5.83. The van der Waals surface area contributed by atoms with E-state index in [9.17, 15) is 4.79 Å². The van der Waals surface area contributed by atoms with Crippen molar-refractivity contribution in [2.24, 2.45) is 0 Å². The first-order chi connectivity index (χ1) is 13.2. The number of imidazole rings is 1. The van der Waals surface area contributed by atoms with Crippen LogP contribution in [0.25, 0.3) is 27.8 Å². The molecule has 2 aromatic heterocycles. The van der Waals surface area contributed by atoms with Crippen LogP contribution in [0.2, 0.25) is 0 Å². The van der Waals surface area contributed by atoms with Crippen LogP contribution in [0, 0.1) is 0 Å². The maximum atomic E-state index is 10.8. The Morgan fingerprint density at radius 1 is 1.14 bits per heavy atom. The summed E-state index contributed by atoms with van der Waals surface area (Å²) in [4.78, 5) is 19.6. The van der Waals surface area contributed by atoms with Crippen molar-refractivity contribution < 1.29 is 34.9 Å². The standard InChI is InChI=1S/C21H17N3O3.Li.H/c1-27-21-17(3-2-10-22-21)15-6-9-19-18(12-15)23-13-24(19)16-7-4-14(5-8-16)11-20(25)26;;/h2-10,12-13H,11H2,1H3,(H,25,26);;/q;+1;-1. The normalized spacial score (nSPS) is 10.5. The van der Waals surface area contributed by atoms with E-state index >= 15 is 0 Å². The zero-order valence-electron chi connectivity index (χ0n) is 16.7. The Labute approximate surface area is 175 Å². The van der Waals surface area contributed by atoms with Crippen molar-refractivity contribution in [3.63, 3.8) is 0 Å². The van der Waals surface area contributed by atoms with Gasteiger partial charge in [-0.05, 0) is 47.5 Å². The molecule has 1 N–H and O–H groups in total. The molecule has 28 heavy (non-hydrogen) atoms. The van der Waals surface area contributed by atoms with Gasteiger partial charge in [-0.25, -0.2) is 9.97 Å². The van der Waals surface area contributed by atoms with Crippen molar-refractivity contribution >= 4 is 17.0 Å². The summed E-state index contributed by atoms with van der Waals surface area (Å²) >= 11 is 0. The third-order valence-electron chi connectivity index (χ3n) is 4.39. The molecular weight excluding hydrogens is 349 g/mol. The van der Waals surface area contributed by atoms with Crippen LogP contribution in [0.4, 0.5) is 0 Å². The van der Waals surface area contributed by atoms with Gasteiger partial charge in [0.25, 0.3) is 0 Å². The van der Waals surface area contributed by atoms with Gasteiger partial charge in [0.05, 0.1) is 24.6 Å². The number of carbonyl (C=O) groups is 1. The number of hydrogen-bond donors (Lipinski definition) is 1. The number of fused-ring (bicyclic) bond motifs is 1. The first-order valence-corrected chi connectivity index (χ1v) is 8.43. The second-order valence-electron chi connectivity index (χ2n) is 6.12. The van der Waals surface area contributed by atoms with E-state index in [-0.39, 0.29) is 26.7 Å². The van der Waals surface area contributed by atoms with Crippen molar-refractivity contribution in [2.75, 3.05) is 7.11 Å². The number of aliphatic carboxylic acids is 1. The first-order valence-electron chi connectivity index (χ1n) is 8.43. The van der Waals surface area contributed by atoms with Gasteiger partial charge in [-0.1, -0.05) is 18.2 Å². The maximum absolute atomic E-state index is 10.8. The number of aromatic nitrogens is 3. The third kappa shape index (κ3) is 3.79. The molecule has 0 aliphatic rings. The number of carboxylic acid groups (broad SMARTS) is 1. The summed E-state index contributed by atoms with van der Waals surface area (Å²) in [6.07, 6.45) is 3.48. The third-order valence-corrected chi connectivity index (χ3v) is 4.39. The van der Waals surface area contributed by atoms with E-state index in [0.29, 0.717) is 5.88 Å². The largest absolute Gasteiger partial charge is 1.00 e. The van der Waals surface area contributed by atoms with E-state index in [2.05, 4.69) is 9.97 Å². The summed E-state index contributed by atoms with van der Waals surface area (Å²) in [6.45, 7) is 0. The van der Waals surface area contributed by atoms with Gasteiger partial charge in [0, 0.05) is 17.4 Å². The molecular formula is C21H18LiN3O3. The minimum Gasteiger partial charge on any atom is -1.00 e. The van der Waals surface area contributed by atoms with Crippen LogP contribution in [0.5, 0.6) is 5.88 Å². The molecule has 0 fully saturated rings. The van der Waals surface area contributed by atoms with Gasteiger partial charge in [0.15, 0.2) is 0 Å². The number of ether oxygens (including phenoxy) is 1. The summed E-state index contributed by atoms with van der Waals surface area (Å²) in [6, 6.07) is 17.3. The fraction of sp³-hybridized carbons (Fsp3) is 0.0952. The zero-order chi connectivity index (χ0) is 18.8. The molecule has 0 amide bonds. The molecule has 7 heteroatoms. The van der Waals surface area contributed by atoms with E-state index < -0.39 is 5.97 Å². The number of pyridine rings is 1. The van der Waals surface area contributed by atoms with Gasteiger partial charge < -0.3 is 11.3 Å². The average Bonchev–Trinajstić information content (AvgIpc) is 3.11. The van der Waals surface area contributed by atoms with Crippen molar-refractivity contribution in [3.05, 3.63) is 72.7 Å². The number of methoxy groups -OCH3 is 1. The van der Waals surface area contributed by atoms with E-state index in [4.69, 9.17) is 9.84 Å². The summed E-state index contributed by atoms with van der Waals surface area (Å²) < 4.78 is 7.32. The van der Waals surface area contributed by atoms with Gasteiger partial charge in [0.2, 0.25) is 5.88 Å². The second kappa shape index (κ2) is 8.30. The van der Waals surface area contributed by atoms with Gasteiger partial charge in [-0.15, -0.1) is 0 Å². The van der Waals surface area contributed by atoms with Crippen molar-refractivity contribution in [2.45, 2.75) is 6.42 Å². The zero-order valence-corrected chi connectivity index (χ0v) is 15.7. The van der Waals surface area contributed by atoms with Gasteiger partial charge >= 0.3 is 24.8 Å². The van der Waals surface area contributed by atoms with Gasteiger partial charge in [-0.3, -0.25) is 9.36 Å². The molecule has 0 spiro atoms. The van der Waals surface area contributed by atoms with Gasteiger partial charge in [0.1, 0.15) is 6.33 Å².